The fourth-order valence-corrected chi connectivity index (χ4v) is 5.01. The average molecular weight is 507 g/mol. The number of amides is 3. The number of rotatable bonds is 2. The van der Waals surface area contributed by atoms with Crippen molar-refractivity contribution in [2.24, 2.45) is 7.05 Å². The number of ether oxygens (including phenoxy) is 1. The van der Waals surface area contributed by atoms with Crippen LogP contribution in [0.1, 0.15) is 39.0 Å². The molecule has 196 valence electrons. The lowest BCUT2D eigenvalue weighted by Gasteiger charge is -2.41. The summed E-state index contributed by atoms with van der Waals surface area (Å²) < 4.78 is 7.29. The summed E-state index contributed by atoms with van der Waals surface area (Å²) in [6, 6.07) is 3.65. The Bertz CT molecular complexity index is 1360. The molecule has 0 bridgehead atoms. The third kappa shape index (κ3) is 4.90. The second-order valence-corrected chi connectivity index (χ2v) is 10.8. The first-order valence-electron chi connectivity index (χ1n) is 12.6. The highest BCUT2D eigenvalue weighted by Gasteiger charge is 2.34. The minimum absolute atomic E-state index is 0.00825. The van der Waals surface area contributed by atoms with Gasteiger partial charge >= 0.3 is 12.1 Å². The molecule has 0 radical (unpaired) electrons. The lowest BCUT2D eigenvalue weighted by molar-refractivity contribution is 0.0159. The van der Waals surface area contributed by atoms with Crippen LogP contribution in [0.5, 0.6) is 0 Å². The Balaban J connectivity index is 1.31. The molecule has 1 fully saturated rings. The Morgan fingerprint density at radius 3 is 2.70 bits per heavy atom. The average Bonchev–Trinajstić information content (AvgIpc) is 3.40. The topological polar surface area (TPSA) is 109 Å². The molecular formula is C26H34N8O3. The second kappa shape index (κ2) is 9.20. The number of pyridine rings is 2. The molecule has 1 atom stereocenters. The summed E-state index contributed by atoms with van der Waals surface area (Å²) in [5.74, 6) is 0.672. The van der Waals surface area contributed by atoms with Gasteiger partial charge in [-0.3, -0.25) is 9.58 Å². The van der Waals surface area contributed by atoms with Crippen LogP contribution in [-0.4, -0.2) is 74.6 Å². The fourth-order valence-electron chi connectivity index (χ4n) is 5.01. The Labute approximate surface area is 216 Å². The van der Waals surface area contributed by atoms with Crippen molar-refractivity contribution in [1.29, 1.82) is 0 Å². The molecule has 37 heavy (non-hydrogen) atoms. The van der Waals surface area contributed by atoms with Crippen molar-refractivity contribution < 1.29 is 14.3 Å². The third-order valence-corrected chi connectivity index (χ3v) is 6.73. The molecular weight excluding hydrogens is 472 g/mol. The zero-order chi connectivity index (χ0) is 26.5. The van der Waals surface area contributed by atoms with Gasteiger partial charge in [-0.2, -0.15) is 5.10 Å². The molecule has 3 aromatic rings. The van der Waals surface area contributed by atoms with E-state index in [1.807, 2.05) is 60.0 Å². The number of aryl methyl sites for hydroxylation is 2. The van der Waals surface area contributed by atoms with Gasteiger partial charge in [0.15, 0.2) is 5.65 Å². The summed E-state index contributed by atoms with van der Waals surface area (Å²) in [5.41, 5.74) is 3.60. The third-order valence-electron chi connectivity index (χ3n) is 6.73. The van der Waals surface area contributed by atoms with Gasteiger partial charge in [-0.05, 0) is 53.2 Å². The Hall–Kier alpha value is -3.89. The highest BCUT2D eigenvalue weighted by Crippen LogP contribution is 2.35. The van der Waals surface area contributed by atoms with Crippen molar-refractivity contribution in [3.8, 4) is 0 Å². The van der Waals surface area contributed by atoms with E-state index in [-0.39, 0.29) is 18.2 Å². The molecule has 3 aromatic heterocycles. The molecule has 2 aliphatic rings. The largest absolute Gasteiger partial charge is 0.444 e. The van der Waals surface area contributed by atoms with Crippen molar-refractivity contribution in [1.82, 2.24) is 24.6 Å². The van der Waals surface area contributed by atoms with E-state index in [0.717, 1.165) is 16.6 Å². The summed E-state index contributed by atoms with van der Waals surface area (Å²) in [4.78, 5) is 40.8. The number of nitrogens with zero attached hydrogens (tertiary/aromatic N) is 7. The molecule has 0 unspecified atom stereocenters. The highest BCUT2D eigenvalue weighted by atomic mass is 16.6. The van der Waals surface area contributed by atoms with Crippen LogP contribution in [0.3, 0.4) is 0 Å². The summed E-state index contributed by atoms with van der Waals surface area (Å²) in [7, 11) is 1.85. The maximum absolute atomic E-state index is 13.3. The number of hydrogen-bond donors (Lipinski definition) is 1. The van der Waals surface area contributed by atoms with Gasteiger partial charge in [-0.25, -0.2) is 19.6 Å². The molecule has 1 saturated heterocycles. The van der Waals surface area contributed by atoms with E-state index in [1.165, 1.54) is 0 Å². The van der Waals surface area contributed by atoms with Gasteiger partial charge in [-0.15, -0.1) is 0 Å². The lowest BCUT2D eigenvalue weighted by Crippen LogP contribution is -2.55. The van der Waals surface area contributed by atoms with E-state index < -0.39 is 5.60 Å². The van der Waals surface area contributed by atoms with Crippen LogP contribution < -0.4 is 15.1 Å². The highest BCUT2D eigenvalue weighted by molar-refractivity contribution is 6.04. The zero-order valence-corrected chi connectivity index (χ0v) is 22.3. The van der Waals surface area contributed by atoms with Crippen molar-refractivity contribution in [2.45, 2.75) is 52.7 Å². The maximum atomic E-state index is 13.3. The van der Waals surface area contributed by atoms with Gasteiger partial charge in [0, 0.05) is 68.3 Å². The molecule has 0 saturated carbocycles. The predicted octanol–water partition coefficient (Wildman–Crippen LogP) is 3.71. The van der Waals surface area contributed by atoms with Crippen LogP contribution in [0.2, 0.25) is 0 Å². The van der Waals surface area contributed by atoms with Crippen molar-refractivity contribution >= 4 is 40.4 Å². The van der Waals surface area contributed by atoms with E-state index in [9.17, 15) is 9.59 Å². The number of fused-ring (bicyclic) bond motifs is 2. The number of urea groups is 1. The van der Waals surface area contributed by atoms with Gasteiger partial charge in [0.1, 0.15) is 11.4 Å². The quantitative estimate of drug-likeness (QED) is 0.564. The molecule has 0 aromatic carbocycles. The van der Waals surface area contributed by atoms with Crippen molar-refractivity contribution in [2.75, 3.05) is 41.3 Å². The number of carbonyl (C=O) groups excluding carboxylic acids is 2. The minimum atomic E-state index is -0.526. The molecule has 3 amide bonds. The molecule has 1 N–H and O–H groups in total. The van der Waals surface area contributed by atoms with Crippen LogP contribution >= 0.6 is 0 Å². The van der Waals surface area contributed by atoms with Crippen LogP contribution in [-0.2, 0) is 18.2 Å². The first kappa shape index (κ1) is 24.8. The molecule has 5 heterocycles. The van der Waals surface area contributed by atoms with Gasteiger partial charge in [-0.1, -0.05) is 0 Å². The monoisotopic (exact) mass is 506 g/mol. The SMILES string of the molecule is Cc1nc2nn(C)cc2cc1NC(=O)N1CCc2c(N3CCN(C(=O)OC(C)(C)C)[C@@H](C)C3)ccnc21. The first-order valence-corrected chi connectivity index (χ1v) is 12.6. The zero-order valence-electron chi connectivity index (χ0n) is 22.3. The smallest absolute Gasteiger partial charge is 0.410 e. The molecule has 5 rings (SSSR count). The number of anilines is 3. The summed E-state index contributed by atoms with van der Waals surface area (Å²) in [5, 5.41) is 8.21. The second-order valence-electron chi connectivity index (χ2n) is 10.8. The number of piperazine rings is 1. The molecule has 11 nitrogen and oxygen atoms in total. The summed E-state index contributed by atoms with van der Waals surface area (Å²) in [6.07, 6.45) is 4.06. The van der Waals surface area contributed by atoms with Crippen LogP contribution in [0.4, 0.5) is 26.8 Å². The lowest BCUT2D eigenvalue weighted by atomic mass is 10.1. The number of nitrogens with one attached hydrogen (secondary N) is 1. The van der Waals surface area contributed by atoms with E-state index >= 15 is 0 Å². The Kier molecular flexibility index (Phi) is 6.17. The van der Waals surface area contributed by atoms with E-state index in [2.05, 4.69) is 25.3 Å². The number of carbonyl (C=O) groups is 2. The number of aromatic nitrogens is 4. The van der Waals surface area contributed by atoms with Gasteiger partial charge < -0.3 is 19.9 Å². The van der Waals surface area contributed by atoms with Crippen molar-refractivity contribution in [3.05, 3.63) is 35.8 Å². The van der Waals surface area contributed by atoms with E-state index in [0.29, 0.717) is 55.4 Å². The summed E-state index contributed by atoms with van der Waals surface area (Å²) >= 11 is 0. The standard InChI is InChI=1S/C26H34N8O3/c1-16-14-32(11-12-33(16)25(36)37-26(3,4)5)21-7-9-27-23-19(21)8-10-34(23)24(35)29-20-13-18-15-31(6)30-22(18)28-17(20)2/h7,9,13,15-16H,8,10-12,14H2,1-6H3,(H,29,35)/t16-/m0/s1. The van der Waals surface area contributed by atoms with Gasteiger partial charge in [0.2, 0.25) is 0 Å². The first-order chi connectivity index (χ1) is 17.5. The fraction of sp³-hybridized carbons (Fsp3) is 0.500. The van der Waals surface area contributed by atoms with Gasteiger partial charge in [0.05, 0.1) is 11.4 Å². The Morgan fingerprint density at radius 1 is 1.19 bits per heavy atom. The minimum Gasteiger partial charge on any atom is -0.444 e. The number of hydrogen-bond acceptors (Lipinski definition) is 7. The Morgan fingerprint density at radius 2 is 1.97 bits per heavy atom. The van der Waals surface area contributed by atoms with E-state index in [4.69, 9.17) is 4.74 Å². The van der Waals surface area contributed by atoms with Crippen molar-refractivity contribution in [3.63, 3.8) is 0 Å². The molecule has 0 spiro atoms. The van der Waals surface area contributed by atoms with E-state index in [1.54, 1.807) is 20.7 Å². The summed E-state index contributed by atoms with van der Waals surface area (Å²) in [6.45, 7) is 12.0. The van der Waals surface area contributed by atoms with Gasteiger partial charge in [0.25, 0.3) is 0 Å². The van der Waals surface area contributed by atoms with Crippen LogP contribution in [0.25, 0.3) is 11.0 Å². The maximum Gasteiger partial charge on any atom is 0.410 e. The molecule has 11 heteroatoms. The normalized spacial score (nSPS) is 17.8. The predicted molar refractivity (Wildman–Crippen MR) is 142 cm³/mol. The molecule has 2 aliphatic heterocycles. The van der Waals surface area contributed by atoms with Crippen LogP contribution in [0, 0.1) is 6.92 Å². The molecule has 0 aliphatic carbocycles. The van der Waals surface area contributed by atoms with Crippen LogP contribution in [0.15, 0.2) is 24.5 Å².